The van der Waals surface area contributed by atoms with Gasteiger partial charge < -0.3 is 0 Å². The van der Waals surface area contributed by atoms with Gasteiger partial charge in [-0.2, -0.15) is 5.10 Å². The highest BCUT2D eigenvalue weighted by molar-refractivity contribution is 7.89. The molecule has 2 heterocycles. The van der Waals surface area contributed by atoms with Crippen LogP contribution in [-0.4, -0.2) is 23.2 Å². The zero-order valence-corrected chi connectivity index (χ0v) is 16.3. The minimum Gasteiger partial charge on any atom is -0.234 e. The number of benzene rings is 2. The van der Waals surface area contributed by atoms with E-state index in [1.54, 1.807) is 18.2 Å². The molecule has 4 rings (SSSR count). The lowest BCUT2D eigenvalue weighted by Gasteiger charge is -2.06. The van der Waals surface area contributed by atoms with Gasteiger partial charge in [0.05, 0.1) is 25.8 Å². The van der Waals surface area contributed by atoms with E-state index in [4.69, 9.17) is 16.7 Å². The SMILES string of the molecule is NS(=O)(=O)c1ccc(-n2nc(C(F)F)cc2-c2nc3cccc(Cl)c3s2)cc1. The molecule has 2 aromatic carbocycles. The van der Waals surface area contributed by atoms with Gasteiger partial charge in [0.1, 0.15) is 16.4 Å². The molecule has 0 amide bonds. The van der Waals surface area contributed by atoms with Gasteiger partial charge in [-0.3, -0.25) is 0 Å². The molecule has 11 heteroatoms. The van der Waals surface area contributed by atoms with Gasteiger partial charge in [-0.25, -0.2) is 32.0 Å². The van der Waals surface area contributed by atoms with E-state index in [-0.39, 0.29) is 4.90 Å². The fourth-order valence-electron chi connectivity index (χ4n) is 2.66. The summed E-state index contributed by atoms with van der Waals surface area (Å²) in [6, 6.07) is 11.9. The molecular weight excluding hydrogens is 430 g/mol. The second kappa shape index (κ2) is 6.89. The van der Waals surface area contributed by atoms with Crippen molar-refractivity contribution in [1.29, 1.82) is 0 Å². The minimum absolute atomic E-state index is 0.0918. The van der Waals surface area contributed by atoms with E-state index in [0.717, 1.165) is 4.70 Å². The van der Waals surface area contributed by atoms with E-state index in [1.165, 1.54) is 46.4 Å². The topological polar surface area (TPSA) is 90.9 Å². The van der Waals surface area contributed by atoms with Crippen molar-refractivity contribution in [3.63, 3.8) is 0 Å². The molecular formula is C17H11ClF2N4O2S2. The average Bonchev–Trinajstić information content (AvgIpc) is 3.26. The van der Waals surface area contributed by atoms with Crippen molar-refractivity contribution in [3.8, 4) is 16.4 Å². The molecule has 0 aliphatic heterocycles. The number of rotatable bonds is 4. The largest absolute Gasteiger partial charge is 0.282 e. The van der Waals surface area contributed by atoms with E-state index >= 15 is 0 Å². The van der Waals surface area contributed by atoms with Crippen LogP contribution in [0, 0.1) is 0 Å². The average molecular weight is 441 g/mol. The van der Waals surface area contributed by atoms with Crippen LogP contribution in [0.3, 0.4) is 0 Å². The molecule has 2 N–H and O–H groups in total. The lowest BCUT2D eigenvalue weighted by Crippen LogP contribution is -2.12. The third kappa shape index (κ3) is 3.39. The summed E-state index contributed by atoms with van der Waals surface area (Å²) in [5, 5.41) is 10.0. The Morgan fingerprint density at radius 3 is 2.46 bits per heavy atom. The molecule has 0 saturated carbocycles. The van der Waals surface area contributed by atoms with E-state index in [0.29, 0.717) is 26.9 Å². The van der Waals surface area contributed by atoms with Crippen molar-refractivity contribution in [2.45, 2.75) is 11.3 Å². The Morgan fingerprint density at radius 1 is 1.14 bits per heavy atom. The van der Waals surface area contributed by atoms with Crippen LogP contribution in [0.25, 0.3) is 26.6 Å². The Balaban J connectivity index is 1.89. The second-order valence-electron chi connectivity index (χ2n) is 5.81. The van der Waals surface area contributed by atoms with Gasteiger partial charge in [-0.05, 0) is 42.5 Å². The fraction of sp³-hybridized carbons (Fsp3) is 0.0588. The van der Waals surface area contributed by atoms with Gasteiger partial charge in [-0.1, -0.05) is 17.7 Å². The lowest BCUT2D eigenvalue weighted by molar-refractivity contribution is 0.145. The van der Waals surface area contributed by atoms with Crippen LogP contribution in [0.1, 0.15) is 12.1 Å². The molecule has 28 heavy (non-hydrogen) atoms. The fourth-order valence-corrected chi connectivity index (χ4v) is 4.43. The number of primary sulfonamides is 1. The standard InChI is InChI=1S/C17H11ClF2N4O2S2/c18-11-2-1-3-12-15(11)27-17(22-12)14-8-13(16(19)20)23-24(14)9-4-6-10(7-5-9)28(21,25)26/h1-8,16H,(H2,21,25,26). The van der Waals surface area contributed by atoms with Gasteiger partial charge >= 0.3 is 0 Å². The number of nitrogens with zero attached hydrogens (tertiary/aromatic N) is 3. The van der Waals surface area contributed by atoms with Crippen molar-refractivity contribution in [3.05, 3.63) is 59.2 Å². The van der Waals surface area contributed by atoms with Crippen molar-refractivity contribution < 1.29 is 17.2 Å². The Hall–Kier alpha value is -2.40. The van der Waals surface area contributed by atoms with Crippen LogP contribution in [0.15, 0.2) is 53.4 Å². The normalized spacial score (nSPS) is 12.2. The number of halogens is 3. The first-order chi connectivity index (χ1) is 13.2. The molecule has 0 aliphatic rings. The molecule has 0 saturated heterocycles. The zero-order valence-electron chi connectivity index (χ0n) is 13.9. The number of sulfonamides is 1. The van der Waals surface area contributed by atoms with E-state index in [2.05, 4.69) is 10.1 Å². The van der Waals surface area contributed by atoms with Crippen LogP contribution in [0.4, 0.5) is 8.78 Å². The van der Waals surface area contributed by atoms with Crippen LogP contribution in [-0.2, 0) is 10.0 Å². The summed E-state index contributed by atoms with van der Waals surface area (Å²) in [7, 11) is -3.87. The summed E-state index contributed by atoms with van der Waals surface area (Å²) in [6.07, 6.45) is -2.78. The predicted octanol–water partition coefficient (Wildman–Crippen LogP) is 4.39. The molecule has 0 unspecified atom stereocenters. The molecule has 4 aromatic rings. The molecule has 0 fully saturated rings. The third-order valence-electron chi connectivity index (χ3n) is 3.95. The van der Waals surface area contributed by atoms with Crippen LogP contribution in [0.5, 0.6) is 0 Å². The van der Waals surface area contributed by atoms with E-state index in [1.807, 2.05) is 0 Å². The highest BCUT2D eigenvalue weighted by Crippen LogP contribution is 2.36. The maximum atomic E-state index is 13.3. The second-order valence-corrected chi connectivity index (χ2v) is 8.78. The third-order valence-corrected chi connectivity index (χ3v) is 6.43. The van der Waals surface area contributed by atoms with Crippen LogP contribution >= 0.6 is 22.9 Å². The lowest BCUT2D eigenvalue weighted by atomic mass is 10.3. The number of alkyl halides is 2. The number of hydrogen-bond acceptors (Lipinski definition) is 5. The Morgan fingerprint density at radius 2 is 1.86 bits per heavy atom. The van der Waals surface area contributed by atoms with E-state index < -0.39 is 22.1 Å². The Bertz CT molecular complexity index is 1280. The van der Waals surface area contributed by atoms with Gasteiger partial charge in [0, 0.05) is 0 Å². The first-order valence-electron chi connectivity index (χ1n) is 7.81. The molecule has 0 radical (unpaired) electrons. The van der Waals surface area contributed by atoms with E-state index in [9.17, 15) is 17.2 Å². The zero-order chi connectivity index (χ0) is 20.1. The first-order valence-corrected chi connectivity index (χ1v) is 10.5. The molecule has 144 valence electrons. The van der Waals surface area contributed by atoms with Gasteiger partial charge in [-0.15, -0.1) is 11.3 Å². The maximum absolute atomic E-state index is 13.3. The highest BCUT2D eigenvalue weighted by atomic mass is 35.5. The van der Waals surface area contributed by atoms with Gasteiger partial charge in [0.2, 0.25) is 10.0 Å². The molecule has 0 spiro atoms. The summed E-state index contributed by atoms with van der Waals surface area (Å²) >= 11 is 7.44. The quantitative estimate of drug-likeness (QED) is 0.509. The minimum atomic E-state index is -3.87. The summed E-state index contributed by atoms with van der Waals surface area (Å²) in [6.45, 7) is 0. The van der Waals surface area contributed by atoms with Crippen molar-refractivity contribution in [2.24, 2.45) is 5.14 Å². The Kier molecular flexibility index (Phi) is 4.66. The number of thiazole rings is 1. The van der Waals surface area contributed by atoms with Crippen molar-refractivity contribution in [2.75, 3.05) is 0 Å². The molecule has 6 nitrogen and oxygen atoms in total. The van der Waals surface area contributed by atoms with Crippen LogP contribution in [0.2, 0.25) is 5.02 Å². The maximum Gasteiger partial charge on any atom is 0.282 e. The summed E-state index contributed by atoms with van der Waals surface area (Å²) in [5.74, 6) is 0. The molecule has 0 aliphatic carbocycles. The van der Waals surface area contributed by atoms with Crippen molar-refractivity contribution in [1.82, 2.24) is 14.8 Å². The van der Waals surface area contributed by atoms with Crippen LogP contribution < -0.4 is 5.14 Å². The summed E-state index contributed by atoms with van der Waals surface area (Å²) in [4.78, 5) is 4.38. The monoisotopic (exact) mass is 440 g/mol. The molecule has 0 atom stereocenters. The van der Waals surface area contributed by atoms with Crippen molar-refractivity contribution >= 4 is 43.2 Å². The predicted molar refractivity (Wildman–Crippen MR) is 104 cm³/mol. The number of nitrogens with two attached hydrogens (primary N) is 1. The number of aromatic nitrogens is 3. The Labute approximate surface area is 167 Å². The summed E-state index contributed by atoms with van der Waals surface area (Å²) < 4.78 is 51.4. The van der Waals surface area contributed by atoms with Gasteiger partial charge in [0.15, 0.2) is 0 Å². The molecule has 2 aromatic heterocycles. The van der Waals surface area contributed by atoms with Gasteiger partial charge in [0.25, 0.3) is 6.43 Å². The first kappa shape index (κ1) is 18.9. The number of hydrogen-bond donors (Lipinski definition) is 1. The smallest absolute Gasteiger partial charge is 0.234 e. The number of fused-ring (bicyclic) bond motifs is 1. The highest BCUT2D eigenvalue weighted by Gasteiger charge is 2.21. The molecule has 0 bridgehead atoms. The summed E-state index contributed by atoms with van der Waals surface area (Å²) in [5.41, 5.74) is 0.954.